The van der Waals surface area contributed by atoms with Crippen LogP contribution in [0.25, 0.3) is 10.9 Å². The minimum Gasteiger partial charge on any atom is -0.456 e. The van der Waals surface area contributed by atoms with E-state index in [1.807, 2.05) is 44.3 Å². The third-order valence-electron chi connectivity index (χ3n) is 4.26. The second-order valence-corrected chi connectivity index (χ2v) is 5.99. The Morgan fingerprint density at radius 2 is 2.17 bits per heavy atom. The van der Waals surface area contributed by atoms with Crippen molar-refractivity contribution in [2.45, 2.75) is 32.7 Å². The van der Waals surface area contributed by atoms with E-state index in [-0.39, 0.29) is 18.6 Å². The van der Waals surface area contributed by atoms with Crippen molar-refractivity contribution in [1.29, 1.82) is 0 Å². The highest BCUT2D eigenvalue weighted by Crippen LogP contribution is 2.19. The number of nitrogens with one attached hydrogen (secondary N) is 2. The molecule has 1 aromatic carbocycles. The molecule has 0 bridgehead atoms. The first kappa shape index (κ1) is 16.3. The van der Waals surface area contributed by atoms with Crippen molar-refractivity contribution in [3.05, 3.63) is 59.2 Å². The molecule has 3 aromatic rings. The first-order valence-electron chi connectivity index (χ1n) is 8.18. The smallest absolute Gasteiger partial charge is 0.287 e. The Balaban J connectivity index is 1.73. The Kier molecular flexibility index (Phi) is 4.71. The number of hydrogen-bond acceptors (Lipinski definition) is 3. The van der Waals surface area contributed by atoms with Crippen molar-refractivity contribution < 1.29 is 14.3 Å². The molecule has 0 aliphatic heterocycles. The minimum absolute atomic E-state index is 0.133. The summed E-state index contributed by atoms with van der Waals surface area (Å²) >= 11 is 0. The molecule has 1 amide bonds. The first-order valence-corrected chi connectivity index (χ1v) is 8.18. The summed E-state index contributed by atoms with van der Waals surface area (Å²) in [6, 6.07) is 9.35. The molecule has 0 fully saturated rings. The summed E-state index contributed by atoms with van der Waals surface area (Å²) in [4.78, 5) is 15.6. The first-order chi connectivity index (χ1) is 11.6. The predicted molar refractivity (Wildman–Crippen MR) is 93.2 cm³/mol. The van der Waals surface area contributed by atoms with Gasteiger partial charge in [0.2, 0.25) is 0 Å². The summed E-state index contributed by atoms with van der Waals surface area (Å²) in [6.45, 7) is 3.78. The number of fused-ring (bicyclic) bond motifs is 1. The molecule has 24 heavy (non-hydrogen) atoms. The van der Waals surface area contributed by atoms with Crippen LogP contribution < -0.4 is 5.32 Å². The molecule has 0 saturated heterocycles. The van der Waals surface area contributed by atoms with E-state index in [0.29, 0.717) is 12.2 Å². The molecule has 3 N–H and O–H groups in total. The molecule has 0 radical (unpaired) electrons. The number of para-hydroxylation sites is 1. The van der Waals surface area contributed by atoms with Crippen molar-refractivity contribution in [3.8, 4) is 0 Å². The van der Waals surface area contributed by atoms with E-state index in [2.05, 4.69) is 10.3 Å². The number of carbonyl (C=O) groups is 1. The summed E-state index contributed by atoms with van der Waals surface area (Å²) < 4.78 is 5.58. The summed E-state index contributed by atoms with van der Waals surface area (Å²) in [6.07, 6.45) is 3.22. The average Bonchev–Trinajstić information content (AvgIpc) is 3.17. The Bertz CT molecular complexity index is 847. The number of aliphatic hydroxyl groups excluding tert-OH is 1. The molecular formula is C19H22N2O3. The molecule has 0 unspecified atom stereocenters. The highest BCUT2D eigenvalue weighted by Gasteiger charge is 2.19. The zero-order chi connectivity index (χ0) is 17.1. The van der Waals surface area contributed by atoms with Gasteiger partial charge in [-0.1, -0.05) is 25.1 Å². The third kappa shape index (κ3) is 3.21. The van der Waals surface area contributed by atoms with Crippen LogP contribution in [0.2, 0.25) is 0 Å². The van der Waals surface area contributed by atoms with Crippen LogP contribution in [0.1, 0.15) is 34.4 Å². The van der Waals surface area contributed by atoms with Crippen LogP contribution in [0.4, 0.5) is 0 Å². The van der Waals surface area contributed by atoms with E-state index in [1.165, 1.54) is 0 Å². The van der Waals surface area contributed by atoms with E-state index in [1.54, 1.807) is 6.07 Å². The summed E-state index contributed by atoms with van der Waals surface area (Å²) in [5.41, 5.74) is 3.08. The fraction of sp³-hybridized carbons (Fsp3) is 0.316. The van der Waals surface area contributed by atoms with Gasteiger partial charge in [0.1, 0.15) is 5.76 Å². The molecule has 2 aromatic heterocycles. The number of rotatable bonds is 6. The van der Waals surface area contributed by atoms with Gasteiger partial charge in [-0.05, 0) is 36.6 Å². The Hall–Kier alpha value is -2.53. The van der Waals surface area contributed by atoms with Crippen LogP contribution in [0.5, 0.6) is 0 Å². The lowest BCUT2D eigenvalue weighted by Crippen LogP contribution is -2.38. The molecule has 1 atom stereocenters. The minimum atomic E-state index is -0.368. The molecule has 0 spiro atoms. The van der Waals surface area contributed by atoms with Gasteiger partial charge in [-0.2, -0.15) is 0 Å². The van der Waals surface area contributed by atoms with Crippen molar-refractivity contribution in [2.75, 3.05) is 6.61 Å². The second-order valence-electron chi connectivity index (χ2n) is 5.99. The molecule has 2 heterocycles. The maximum absolute atomic E-state index is 12.4. The maximum Gasteiger partial charge on any atom is 0.287 e. The molecule has 126 valence electrons. The van der Waals surface area contributed by atoms with Crippen LogP contribution in [0.3, 0.4) is 0 Å². The van der Waals surface area contributed by atoms with E-state index in [0.717, 1.165) is 34.2 Å². The molecule has 0 aliphatic rings. The summed E-state index contributed by atoms with van der Waals surface area (Å²) in [5, 5.41) is 13.6. The Labute approximate surface area is 140 Å². The van der Waals surface area contributed by atoms with Gasteiger partial charge in [-0.25, -0.2) is 0 Å². The predicted octanol–water partition coefficient (Wildman–Crippen LogP) is 2.97. The van der Waals surface area contributed by atoms with Crippen LogP contribution in [0.15, 0.2) is 40.9 Å². The number of amides is 1. The maximum atomic E-state index is 12.4. The lowest BCUT2D eigenvalue weighted by Gasteiger charge is -2.15. The molecule has 0 aliphatic carbocycles. The topological polar surface area (TPSA) is 78.3 Å². The summed E-state index contributed by atoms with van der Waals surface area (Å²) in [7, 11) is 0. The highest BCUT2D eigenvalue weighted by molar-refractivity contribution is 5.92. The number of aryl methyl sites for hydroxylation is 2. The van der Waals surface area contributed by atoms with E-state index in [4.69, 9.17) is 4.42 Å². The fourth-order valence-corrected chi connectivity index (χ4v) is 2.97. The zero-order valence-corrected chi connectivity index (χ0v) is 13.9. The van der Waals surface area contributed by atoms with E-state index in [9.17, 15) is 9.90 Å². The van der Waals surface area contributed by atoms with Crippen LogP contribution in [-0.4, -0.2) is 28.6 Å². The van der Waals surface area contributed by atoms with Gasteiger partial charge >= 0.3 is 0 Å². The third-order valence-corrected chi connectivity index (χ3v) is 4.26. The van der Waals surface area contributed by atoms with E-state index >= 15 is 0 Å². The highest BCUT2D eigenvalue weighted by atomic mass is 16.4. The van der Waals surface area contributed by atoms with Crippen molar-refractivity contribution in [1.82, 2.24) is 10.3 Å². The number of aromatic nitrogens is 1. The largest absolute Gasteiger partial charge is 0.456 e. The quantitative estimate of drug-likeness (QED) is 0.651. The Morgan fingerprint density at radius 3 is 2.88 bits per heavy atom. The second kappa shape index (κ2) is 6.93. The van der Waals surface area contributed by atoms with Crippen molar-refractivity contribution in [2.24, 2.45) is 0 Å². The zero-order valence-electron chi connectivity index (χ0n) is 13.9. The van der Waals surface area contributed by atoms with Crippen molar-refractivity contribution >= 4 is 16.8 Å². The number of hydrogen-bond donors (Lipinski definition) is 3. The molecule has 5 nitrogen and oxygen atoms in total. The fourth-order valence-electron chi connectivity index (χ4n) is 2.97. The Morgan fingerprint density at radius 1 is 1.38 bits per heavy atom. The van der Waals surface area contributed by atoms with Gasteiger partial charge in [0, 0.05) is 23.5 Å². The number of aliphatic hydroxyl groups is 1. The van der Waals surface area contributed by atoms with Gasteiger partial charge in [0.05, 0.1) is 12.6 Å². The normalized spacial score (nSPS) is 12.5. The summed E-state index contributed by atoms with van der Waals surface area (Å²) in [5.74, 6) is 0.816. The number of H-pyrrole nitrogens is 1. The molecule has 5 heteroatoms. The number of benzene rings is 1. The van der Waals surface area contributed by atoms with Crippen molar-refractivity contribution in [3.63, 3.8) is 0 Å². The number of carbonyl (C=O) groups excluding carboxylic acids is 1. The van der Waals surface area contributed by atoms with E-state index < -0.39 is 0 Å². The van der Waals surface area contributed by atoms with Gasteiger partial charge in [0.15, 0.2) is 5.76 Å². The SMILES string of the molecule is CCc1oc(C(=O)N[C@@H](CO)Cc2c[nH]c3ccccc23)cc1C. The van der Waals surface area contributed by atoms with Crippen LogP contribution >= 0.6 is 0 Å². The van der Waals surface area contributed by atoms with Gasteiger partial charge < -0.3 is 19.8 Å². The molecular weight excluding hydrogens is 304 g/mol. The van der Waals surface area contributed by atoms with Gasteiger partial charge in [-0.3, -0.25) is 4.79 Å². The molecule has 0 saturated carbocycles. The van der Waals surface area contributed by atoms with Gasteiger partial charge in [-0.15, -0.1) is 0 Å². The standard InChI is InChI=1S/C19H22N2O3/c1-3-17-12(2)8-18(24-17)19(23)21-14(11-22)9-13-10-20-16-7-5-4-6-15(13)16/h4-8,10,14,20,22H,3,9,11H2,1-2H3,(H,21,23)/t14-/m1/s1. The van der Waals surface area contributed by atoms with Crippen LogP contribution in [-0.2, 0) is 12.8 Å². The average molecular weight is 326 g/mol. The van der Waals surface area contributed by atoms with Gasteiger partial charge in [0.25, 0.3) is 5.91 Å². The number of furan rings is 1. The monoisotopic (exact) mass is 326 g/mol. The van der Waals surface area contributed by atoms with Crippen LogP contribution in [0, 0.1) is 6.92 Å². The lowest BCUT2D eigenvalue weighted by atomic mass is 10.1. The molecule has 3 rings (SSSR count). The number of aromatic amines is 1. The lowest BCUT2D eigenvalue weighted by molar-refractivity contribution is 0.0887.